The summed E-state index contributed by atoms with van der Waals surface area (Å²) in [5, 5.41) is 0. The van der Waals surface area contributed by atoms with E-state index in [9.17, 15) is 0 Å². The first-order chi connectivity index (χ1) is 5.85. The Labute approximate surface area is 77.5 Å². The number of ether oxygens (including phenoxy) is 1. The van der Waals surface area contributed by atoms with Crippen LogP contribution in [0.2, 0.25) is 0 Å². The third-order valence-corrected chi connectivity index (χ3v) is 2.32. The molecule has 0 amide bonds. The van der Waals surface area contributed by atoms with Gasteiger partial charge in [-0.25, -0.2) is 0 Å². The molecule has 73 valence electrons. The molecule has 1 heteroatoms. The molecule has 0 aromatic rings. The van der Waals surface area contributed by atoms with Crippen LogP contribution in [0.4, 0.5) is 0 Å². The second-order valence-electron chi connectivity index (χ2n) is 3.40. The van der Waals surface area contributed by atoms with Crippen LogP contribution in [0.1, 0.15) is 58.8 Å². The quantitative estimate of drug-likeness (QED) is 0.503. The molecule has 0 N–H and O–H groups in total. The highest BCUT2D eigenvalue weighted by atomic mass is 16.5. The smallest absolute Gasteiger partial charge is 0.0704 e. The maximum Gasteiger partial charge on any atom is 0.0704 e. The van der Waals surface area contributed by atoms with Crippen LogP contribution < -0.4 is 0 Å². The van der Waals surface area contributed by atoms with E-state index in [1.54, 1.807) is 0 Å². The summed E-state index contributed by atoms with van der Waals surface area (Å²) in [6.07, 6.45) is 9.41. The SMILES string of the molecule is [CH2]OC(CC)CCCCCCC. The van der Waals surface area contributed by atoms with E-state index in [1.165, 1.54) is 38.5 Å². The highest BCUT2D eigenvalue weighted by Gasteiger charge is 2.02. The largest absolute Gasteiger partial charge is 0.376 e. The molecule has 0 heterocycles. The van der Waals surface area contributed by atoms with Crippen LogP contribution in [-0.4, -0.2) is 6.10 Å². The van der Waals surface area contributed by atoms with Crippen LogP contribution in [0.25, 0.3) is 0 Å². The summed E-state index contributed by atoms with van der Waals surface area (Å²) in [4.78, 5) is 0. The summed E-state index contributed by atoms with van der Waals surface area (Å²) in [7, 11) is 3.47. The lowest BCUT2D eigenvalue weighted by atomic mass is 10.1. The molecule has 12 heavy (non-hydrogen) atoms. The zero-order valence-electron chi connectivity index (χ0n) is 8.64. The molecular formula is C11H23O. The van der Waals surface area contributed by atoms with Gasteiger partial charge in [0.1, 0.15) is 0 Å². The third kappa shape index (κ3) is 6.66. The maximum atomic E-state index is 5.06. The van der Waals surface area contributed by atoms with E-state index in [2.05, 4.69) is 21.0 Å². The lowest BCUT2D eigenvalue weighted by Crippen LogP contribution is -2.06. The van der Waals surface area contributed by atoms with Crippen LogP contribution in [-0.2, 0) is 4.74 Å². The first-order valence-corrected chi connectivity index (χ1v) is 5.26. The van der Waals surface area contributed by atoms with Gasteiger partial charge in [0, 0.05) is 0 Å². The molecule has 0 saturated heterocycles. The monoisotopic (exact) mass is 171 g/mol. The van der Waals surface area contributed by atoms with Crippen LogP contribution in [0, 0.1) is 7.11 Å². The summed E-state index contributed by atoms with van der Waals surface area (Å²) in [6, 6.07) is 0. The van der Waals surface area contributed by atoms with Gasteiger partial charge in [-0.2, -0.15) is 0 Å². The Hall–Kier alpha value is -0.0400. The minimum atomic E-state index is 0.395. The Morgan fingerprint density at radius 1 is 1.08 bits per heavy atom. The maximum absolute atomic E-state index is 5.06. The molecule has 1 atom stereocenters. The van der Waals surface area contributed by atoms with Crippen molar-refractivity contribution in [3.8, 4) is 0 Å². The second-order valence-corrected chi connectivity index (χ2v) is 3.40. The van der Waals surface area contributed by atoms with Crippen molar-refractivity contribution in [3.63, 3.8) is 0 Å². The fourth-order valence-corrected chi connectivity index (χ4v) is 1.38. The van der Waals surface area contributed by atoms with Gasteiger partial charge < -0.3 is 4.74 Å². The summed E-state index contributed by atoms with van der Waals surface area (Å²) < 4.78 is 5.06. The highest BCUT2D eigenvalue weighted by molar-refractivity contribution is 4.55. The standard InChI is InChI=1S/C11H23O/c1-4-6-7-8-9-10-11(5-2)12-3/h11H,3-10H2,1-2H3. The summed E-state index contributed by atoms with van der Waals surface area (Å²) in [5.41, 5.74) is 0. The zero-order valence-corrected chi connectivity index (χ0v) is 8.64. The molecule has 1 radical (unpaired) electrons. The minimum Gasteiger partial charge on any atom is -0.376 e. The predicted octanol–water partition coefficient (Wildman–Crippen LogP) is 3.93. The van der Waals surface area contributed by atoms with Crippen molar-refractivity contribution in [1.82, 2.24) is 0 Å². The number of rotatable bonds is 8. The van der Waals surface area contributed by atoms with Gasteiger partial charge in [-0.1, -0.05) is 46.0 Å². The van der Waals surface area contributed by atoms with E-state index >= 15 is 0 Å². The lowest BCUT2D eigenvalue weighted by Gasteiger charge is -2.11. The Morgan fingerprint density at radius 3 is 2.25 bits per heavy atom. The molecule has 0 fully saturated rings. The molecular weight excluding hydrogens is 148 g/mol. The van der Waals surface area contributed by atoms with Gasteiger partial charge in [0.05, 0.1) is 13.2 Å². The van der Waals surface area contributed by atoms with E-state index in [4.69, 9.17) is 4.74 Å². The van der Waals surface area contributed by atoms with Crippen molar-refractivity contribution >= 4 is 0 Å². The van der Waals surface area contributed by atoms with Gasteiger partial charge in [0.15, 0.2) is 0 Å². The topological polar surface area (TPSA) is 9.23 Å². The van der Waals surface area contributed by atoms with Crippen molar-refractivity contribution in [2.45, 2.75) is 64.9 Å². The van der Waals surface area contributed by atoms with Crippen LogP contribution >= 0.6 is 0 Å². The molecule has 0 spiro atoms. The Kier molecular flexibility index (Phi) is 9.02. The molecule has 0 saturated carbocycles. The molecule has 0 rings (SSSR count). The molecule has 0 bridgehead atoms. The fraction of sp³-hybridized carbons (Fsp3) is 0.909. The Morgan fingerprint density at radius 2 is 1.75 bits per heavy atom. The number of hydrogen-bond acceptors (Lipinski definition) is 1. The van der Waals surface area contributed by atoms with Crippen molar-refractivity contribution < 1.29 is 4.74 Å². The molecule has 0 aromatic carbocycles. The molecule has 1 nitrogen and oxygen atoms in total. The zero-order chi connectivity index (χ0) is 9.23. The molecule has 1 unspecified atom stereocenters. The number of unbranched alkanes of at least 4 members (excludes halogenated alkanes) is 4. The fourth-order valence-electron chi connectivity index (χ4n) is 1.38. The van der Waals surface area contributed by atoms with Gasteiger partial charge in [-0.15, -0.1) is 0 Å². The van der Waals surface area contributed by atoms with Crippen molar-refractivity contribution in [2.75, 3.05) is 0 Å². The first-order valence-electron chi connectivity index (χ1n) is 5.26. The minimum absolute atomic E-state index is 0.395. The average Bonchev–Trinajstić information content (AvgIpc) is 2.11. The van der Waals surface area contributed by atoms with E-state index in [1.807, 2.05) is 0 Å². The van der Waals surface area contributed by atoms with E-state index in [0.29, 0.717) is 6.10 Å². The predicted molar refractivity (Wildman–Crippen MR) is 53.9 cm³/mol. The van der Waals surface area contributed by atoms with Crippen molar-refractivity contribution in [2.24, 2.45) is 0 Å². The Balaban J connectivity index is 3.06. The van der Waals surface area contributed by atoms with E-state index < -0.39 is 0 Å². The van der Waals surface area contributed by atoms with Gasteiger partial charge >= 0.3 is 0 Å². The molecule has 0 aliphatic rings. The molecule has 0 aromatic heterocycles. The average molecular weight is 171 g/mol. The lowest BCUT2D eigenvalue weighted by molar-refractivity contribution is 0.122. The van der Waals surface area contributed by atoms with Crippen LogP contribution in [0.3, 0.4) is 0 Å². The number of hydrogen-bond donors (Lipinski definition) is 0. The third-order valence-electron chi connectivity index (χ3n) is 2.32. The summed E-state index contributed by atoms with van der Waals surface area (Å²) in [6.45, 7) is 4.40. The van der Waals surface area contributed by atoms with Crippen LogP contribution in [0.5, 0.6) is 0 Å². The van der Waals surface area contributed by atoms with Crippen LogP contribution in [0.15, 0.2) is 0 Å². The highest BCUT2D eigenvalue weighted by Crippen LogP contribution is 2.10. The van der Waals surface area contributed by atoms with Crippen molar-refractivity contribution in [1.29, 1.82) is 0 Å². The first kappa shape index (κ1) is 12.0. The van der Waals surface area contributed by atoms with Gasteiger partial charge in [-0.05, 0) is 12.8 Å². The van der Waals surface area contributed by atoms with E-state index in [0.717, 1.165) is 6.42 Å². The normalized spacial score (nSPS) is 13.2. The molecule has 0 aliphatic heterocycles. The van der Waals surface area contributed by atoms with E-state index in [-0.39, 0.29) is 0 Å². The summed E-state index contributed by atoms with van der Waals surface area (Å²) >= 11 is 0. The molecule has 0 aliphatic carbocycles. The Bertz CT molecular complexity index is 77.1. The van der Waals surface area contributed by atoms with Gasteiger partial charge in [-0.3, -0.25) is 0 Å². The van der Waals surface area contributed by atoms with Gasteiger partial charge in [0.25, 0.3) is 0 Å². The second kappa shape index (κ2) is 9.05. The summed E-state index contributed by atoms with van der Waals surface area (Å²) in [5.74, 6) is 0. The van der Waals surface area contributed by atoms with Gasteiger partial charge in [0.2, 0.25) is 0 Å². The van der Waals surface area contributed by atoms with Crippen molar-refractivity contribution in [3.05, 3.63) is 7.11 Å².